The number of carbonyl (C=O) groups excluding carboxylic acids is 2. The number of amides is 1. The van der Waals surface area contributed by atoms with Gasteiger partial charge in [-0.25, -0.2) is 4.79 Å². The topological polar surface area (TPSA) is 222 Å². The zero-order valence-electron chi connectivity index (χ0n) is 17.2. The molecule has 0 heterocycles. The number of hydrogen-bond acceptors (Lipinski definition) is 12. The zero-order valence-corrected chi connectivity index (χ0v) is 17.2. The van der Waals surface area contributed by atoms with E-state index in [1.807, 2.05) is 0 Å². The van der Waals surface area contributed by atoms with Gasteiger partial charge in [0.2, 0.25) is 5.91 Å². The van der Waals surface area contributed by atoms with E-state index in [1.54, 1.807) is 6.92 Å². The van der Waals surface area contributed by atoms with E-state index in [-0.39, 0.29) is 46.0 Å². The number of ketones is 1. The molecule has 0 aromatic heterocycles. The molecule has 182 valence electrons. The maximum atomic E-state index is 11.8. The van der Waals surface area contributed by atoms with Gasteiger partial charge in [0.25, 0.3) is 11.6 Å². The largest absolute Gasteiger partial charge is 0.480 e. The maximum absolute atomic E-state index is 11.8. The molecular formula is C17H31NO13. The molecule has 0 aliphatic heterocycles. The normalized spacial score (nSPS) is 13.1. The Kier molecular flexibility index (Phi) is 14.3. The standard InChI is InChI=1S/C17H31NO13/c1-2-3-12(19)16(24,25)15(23)17(26,27)31-9-8-28-5-4-18-13(20)10-29-6-7-30-11-14(21)22/h12,19,24-27H,2-11H2,1H3,(H,18,20)(H,21,22). The number of hydrogen-bond donors (Lipinski definition) is 7. The number of rotatable bonds is 19. The van der Waals surface area contributed by atoms with Gasteiger partial charge in [-0.05, 0) is 6.42 Å². The summed E-state index contributed by atoms with van der Waals surface area (Å²) in [7, 11) is 0. The first-order valence-electron chi connectivity index (χ1n) is 9.43. The molecule has 0 bridgehead atoms. The smallest absolute Gasteiger partial charge is 0.347 e. The number of ether oxygens (including phenoxy) is 4. The fourth-order valence-corrected chi connectivity index (χ4v) is 2.03. The molecule has 1 unspecified atom stereocenters. The highest BCUT2D eigenvalue weighted by Crippen LogP contribution is 2.20. The summed E-state index contributed by atoms with van der Waals surface area (Å²) in [5.41, 5.74) is 0. The molecular weight excluding hydrogens is 426 g/mol. The van der Waals surface area contributed by atoms with Gasteiger partial charge >= 0.3 is 11.9 Å². The van der Waals surface area contributed by atoms with Crippen LogP contribution >= 0.6 is 0 Å². The Balaban J connectivity index is 3.90. The molecule has 7 N–H and O–H groups in total. The van der Waals surface area contributed by atoms with Crippen LogP contribution in [0.5, 0.6) is 0 Å². The van der Waals surface area contributed by atoms with Crippen LogP contribution in [-0.4, -0.2) is 119 Å². The lowest BCUT2D eigenvalue weighted by molar-refractivity contribution is -0.336. The van der Waals surface area contributed by atoms with Crippen LogP contribution in [0.3, 0.4) is 0 Å². The van der Waals surface area contributed by atoms with E-state index in [4.69, 9.17) is 19.3 Å². The molecule has 14 heteroatoms. The zero-order chi connectivity index (χ0) is 23.9. The number of aliphatic hydroxyl groups is 5. The first-order chi connectivity index (χ1) is 14.4. The van der Waals surface area contributed by atoms with E-state index in [0.717, 1.165) is 0 Å². The molecule has 31 heavy (non-hydrogen) atoms. The van der Waals surface area contributed by atoms with Crippen LogP contribution in [0.2, 0.25) is 0 Å². The molecule has 14 nitrogen and oxygen atoms in total. The molecule has 0 fully saturated rings. The second-order valence-corrected chi connectivity index (χ2v) is 6.28. The molecule has 0 radical (unpaired) electrons. The number of carbonyl (C=O) groups is 3. The summed E-state index contributed by atoms with van der Waals surface area (Å²) < 4.78 is 19.2. The second-order valence-electron chi connectivity index (χ2n) is 6.28. The van der Waals surface area contributed by atoms with Gasteiger partial charge in [-0.15, -0.1) is 0 Å². The van der Waals surface area contributed by atoms with Crippen molar-refractivity contribution in [1.29, 1.82) is 0 Å². The summed E-state index contributed by atoms with van der Waals surface area (Å²) in [5, 5.41) is 58.7. The molecule has 0 aliphatic carbocycles. The predicted octanol–water partition coefficient (Wildman–Crippen LogP) is -3.70. The highest BCUT2D eigenvalue weighted by atomic mass is 16.8. The molecule has 1 atom stereocenters. The minimum absolute atomic E-state index is 0.00772. The maximum Gasteiger partial charge on any atom is 0.347 e. The Hall–Kier alpha value is -1.75. The van der Waals surface area contributed by atoms with E-state index in [9.17, 15) is 39.9 Å². The van der Waals surface area contributed by atoms with Crippen LogP contribution in [0.25, 0.3) is 0 Å². The minimum Gasteiger partial charge on any atom is -0.480 e. The average molecular weight is 457 g/mol. The third kappa shape index (κ3) is 12.6. The number of aliphatic carboxylic acids is 1. The SMILES string of the molecule is CCCC(O)C(O)(O)C(=O)C(O)(O)OCCOCCNC(=O)COCCOCC(=O)O. The molecule has 0 aromatic rings. The van der Waals surface area contributed by atoms with Crippen LogP contribution < -0.4 is 5.32 Å². The predicted molar refractivity (Wildman–Crippen MR) is 99.3 cm³/mol. The van der Waals surface area contributed by atoms with Gasteiger partial charge in [-0.3, -0.25) is 9.59 Å². The van der Waals surface area contributed by atoms with Gasteiger partial charge < -0.3 is 54.9 Å². The van der Waals surface area contributed by atoms with Crippen molar-refractivity contribution in [3.05, 3.63) is 0 Å². The van der Waals surface area contributed by atoms with E-state index in [2.05, 4.69) is 10.1 Å². The van der Waals surface area contributed by atoms with E-state index < -0.39 is 48.7 Å². The van der Waals surface area contributed by atoms with E-state index in [0.29, 0.717) is 6.42 Å². The van der Waals surface area contributed by atoms with Crippen molar-refractivity contribution in [2.75, 3.05) is 52.8 Å². The molecule has 0 spiro atoms. The van der Waals surface area contributed by atoms with Crippen LogP contribution in [0.4, 0.5) is 0 Å². The third-order valence-corrected chi connectivity index (χ3v) is 3.59. The monoisotopic (exact) mass is 457 g/mol. The Bertz CT molecular complexity index is 552. The van der Waals surface area contributed by atoms with Gasteiger partial charge in [-0.1, -0.05) is 13.3 Å². The van der Waals surface area contributed by atoms with Crippen LogP contribution in [0.15, 0.2) is 0 Å². The van der Waals surface area contributed by atoms with Gasteiger partial charge in [0.1, 0.15) is 19.3 Å². The lowest BCUT2D eigenvalue weighted by atomic mass is 9.99. The number of Topliss-reactive ketones (excluding diaryl/α,β-unsaturated/α-hetero) is 1. The van der Waals surface area contributed by atoms with Crippen LogP contribution in [0, 0.1) is 0 Å². The quantitative estimate of drug-likeness (QED) is 0.0734. The van der Waals surface area contributed by atoms with Crippen LogP contribution in [-0.2, 0) is 33.3 Å². The van der Waals surface area contributed by atoms with Gasteiger partial charge in [0, 0.05) is 6.54 Å². The summed E-state index contributed by atoms with van der Waals surface area (Å²) in [6, 6.07) is 0. The van der Waals surface area contributed by atoms with E-state index in [1.165, 1.54) is 0 Å². The van der Waals surface area contributed by atoms with Crippen molar-refractivity contribution >= 4 is 17.7 Å². The number of aliphatic hydroxyl groups excluding tert-OH is 1. The van der Waals surface area contributed by atoms with Crippen molar-refractivity contribution in [3.8, 4) is 0 Å². The summed E-state index contributed by atoms with van der Waals surface area (Å²) in [6.45, 7) is 0.277. The first kappa shape index (κ1) is 29.2. The number of carboxylic acid groups (broad SMARTS) is 1. The summed E-state index contributed by atoms with van der Waals surface area (Å²) in [5.74, 6) is -10.5. The summed E-state index contributed by atoms with van der Waals surface area (Å²) in [6.07, 6.45) is -1.80. The number of nitrogens with one attached hydrogen (secondary N) is 1. The highest BCUT2D eigenvalue weighted by molar-refractivity contribution is 5.90. The van der Waals surface area contributed by atoms with Gasteiger partial charge in [-0.2, -0.15) is 0 Å². The Morgan fingerprint density at radius 2 is 1.48 bits per heavy atom. The lowest BCUT2D eigenvalue weighted by Gasteiger charge is -2.31. The van der Waals surface area contributed by atoms with Crippen LogP contribution in [0.1, 0.15) is 19.8 Å². The van der Waals surface area contributed by atoms with Crippen molar-refractivity contribution in [1.82, 2.24) is 5.32 Å². The second kappa shape index (κ2) is 15.1. The van der Waals surface area contributed by atoms with E-state index >= 15 is 0 Å². The van der Waals surface area contributed by atoms with Crippen molar-refractivity contribution < 1.29 is 64.0 Å². The fourth-order valence-electron chi connectivity index (χ4n) is 2.03. The average Bonchev–Trinajstić information content (AvgIpc) is 2.69. The van der Waals surface area contributed by atoms with Crippen molar-refractivity contribution in [2.45, 2.75) is 37.6 Å². The summed E-state index contributed by atoms with van der Waals surface area (Å²) in [4.78, 5) is 33.5. The molecule has 0 rings (SSSR count). The Morgan fingerprint density at radius 1 is 0.903 bits per heavy atom. The Morgan fingerprint density at radius 3 is 2.06 bits per heavy atom. The van der Waals surface area contributed by atoms with Crippen molar-refractivity contribution in [3.63, 3.8) is 0 Å². The Labute approximate surface area is 178 Å². The highest BCUT2D eigenvalue weighted by Gasteiger charge is 2.52. The molecule has 1 amide bonds. The molecule has 0 saturated carbocycles. The third-order valence-electron chi connectivity index (χ3n) is 3.59. The number of carboxylic acids is 1. The molecule has 0 aromatic carbocycles. The van der Waals surface area contributed by atoms with Gasteiger partial charge in [0.15, 0.2) is 0 Å². The van der Waals surface area contributed by atoms with Crippen molar-refractivity contribution in [2.24, 2.45) is 0 Å². The molecule has 0 saturated heterocycles. The fraction of sp³-hybridized carbons (Fsp3) is 0.824. The first-order valence-corrected chi connectivity index (χ1v) is 9.43. The van der Waals surface area contributed by atoms with Gasteiger partial charge in [0.05, 0.1) is 33.0 Å². The lowest BCUT2D eigenvalue weighted by Crippen LogP contribution is -2.60. The molecule has 0 aliphatic rings. The summed E-state index contributed by atoms with van der Waals surface area (Å²) >= 11 is 0. The minimum atomic E-state index is -3.55.